The minimum Gasteiger partial charge on any atom is -0.478 e. The van der Waals surface area contributed by atoms with Gasteiger partial charge in [-0.15, -0.1) is 0 Å². The minimum atomic E-state index is -1.04. The largest absolute Gasteiger partial charge is 0.478 e. The molecule has 2 aromatic carbocycles. The first-order valence-corrected chi connectivity index (χ1v) is 6.06. The van der Waals surface area contributed by atoms with Gasteiger partial charge >= 0.3 is 5.97 Å². The van der Waals surface area contributed by atoms with Gasteiger partial charge in [0.25, 0.3) is 0 Å². The number of aromatic carboxylic acids is 1. The predicted molar refractivity (Wildman–Crippen MR) is 72.1 cm³/mol. The molecular weight excluding hydrogens is 288 g/mol. The summed E-state index contributed by atoms with van der Waals surface area (Å²) in [6.07, 6.45) is 0. The van der Waals surface area contributed by atoms with Crippen molar-refractivity contribution in [2.24, 2.45) is 0 Å². The first-order chi connectivity index (χ1) is 9.47. The van der Waals surface area contributed by atoms with E-state index in [0.717, 1.165) is 12.1 Å². The molecule has 20 heavy (non-hydrogen) atoms. The Balaban J connectivity index is 2.17. The molecule has 2 rings (SSSR count). The smallest absolute Gasteiger partial charge is 0.335 e. The van der Waals surface area contributed by atoms with Crippen molar-refractivity contribution < 1.29 is 18.7 Å². The van der Waals surface area contributed by atoms with E-state index in [-0.39, 0.29) is 22.8 Å². The zero-order chi connectivity index (χ0) is 14.7. The van der Waals surface area contributed by atoms with E-state index in [4.69, 9.17) is 16.7 Å². The Morgan fingerprint density at radius 3 is 2.65 bits per heavy atom. The molecule has 0 amide bonds. The maximum atomic E-state index is 13.5. The molecule has 0 unspecified atom stereocenters. The van der Waals surface area contributed by atoms with Crippen LogP contribution in [0.2, 0.25) is 5.02 Å². The first-order valence-electron chi connectivity index (χ1n) is 5.68. The van der Waals surface area contributed by atoms with Crippen LogP contribution < -0.4 is 5.32 Å². The van der Waals surface area contributed by atoms with Crippen LogP contribution in [0, 0.1) is 11.6 Å². The molecule has 0 aliphatic carbocycles. The SMILES string of the molecule is O=C(O)c1cccc(CNc2c(F)cc(F)cc2Cl)c1. The molecule has 0 saturated heterocycles. The summed E-state index contributed by atoms with van der Waals surface area (Å²) in [7, 11) is 0. The van der Waals surface area contributed by atoms with Gasteiger partial charge in [-0.25, -0.2) is 13.6 Å². The number of hydrogen-bond acceptors (Lipinski definition) is 2. The highest BCUT2D eigenvalue weighted by molar-refractivity contribution is 6.33. The Morgan fingerprint density at radius 1 is 1.25 bits per heavy atom. The van der Waals surface area contributed by atoms with Gasteiger partial charge in [-0.3, -0.25) is 0 Å². The van der Waals surface area contributed by atoms with Gasteiger partial charge < -0.3 is 10.4 Å². The van der Waals surface area contributed by atoms with E-state index in [9.17, 15) is 13.6 Å². The molecule has 0 aromatic heterocycles. The zero-order valence-corrected chi connectivity index (χ0v) is 10.9. The second-order valence-electron chi connectivity index (χ2n) is 4.10. The van der Waals surface area contributed by atoms with Crippen LogP contribution in [0.25, 0.3) is 0 Å². The Morgan fingerprint density at radius 2 is 2.00 bits per heavy atom. The van der Waals surface area contributed by atoms with Crippen molar-refractivity contribution >= 4 is 23.3 Å². The molecule has 2 N–H and O–H groups in total. The molecule has 0 bridgehead atoms. The number of carboxylic acid groups (broad SMARTS) is 1. The summed E-state index contributed by atoms with van der Waals surface area (Å²) in [6, 6.07) is 7.92. The number of hydrogen-bond donors (Lipinski definition) is 2. The third-order valence-electron chi connectivity index (χ3n) is 2.65. The van der Waals surface area contributed by atoms with Crippen molar-refractivity contribution in [3.05, 3.63) is 64.2 Å². The van der Waals surface area contributed by atoms with Gasteiger partial charge in [-0.2, -0.15) is 0 Å². The van der Waals surface area contributed by atoms with Crippen LogP contribution in [-0.4, -0.2) is 11.1 Å². The summed E-state index contributed by atoms with van der Waals surface area (Å²) < 4.78 is 26.4. The second kappa shape index (κ2) is 5.88. The van der Waals surface area contributed by atoms with Gasteiger partial charge in [0.2, 0.25) is 0 Å². The van der Waals surface area contributed by atoms with Gasteiger partial charge in [0.1, 0.15) is 5.82 Å². The number of halogens is 3. The molecule has 3 nitrogen and oxygen atoms in total. The summed E-state index contributed by atoms with van der Waals surface area (Å²) in [6.45, 7) is 0.170. The molecule has 104 valence electrons. The molecule has 0 heterocycles. The molecular formula is C14H10ClF2NO2. The van der Waals surface area contributed by atoms with Crippen LogP contribution in [-0.2, 0) is 6.54 Å². The molecule has 2 aromatic rings. The summed E-state index contributed by atoms with van der Waals surface area (Å²) in [5, 5.41) is 11.5. The number of carbonyl (C=O) groups is 1. The quantitative estimate of drug-likeness (QED) is 0.899. The molecule has 6 heteroatoms. The zero-order valence-electron chi connectivity index (χ0n) is 10.2. The molecule has 0 fully saturated rings. The van der Waals surface area contributed by atoms with Crippen molar-refractivity contribution in [2.45, 2.75) is 6.54 Å². The van der Waals surface area contributed by atoms with E-state index >= 15 is 0 Å². The molecule has 0 spiro atoms. The lowest BCUT2D eigenvalue weighted by atomic mass is 10.1. The van der Waals surface area contributed by atoms with Crippen LogP contribution in [0.4, 0.5) is 14.5 Å². The van der Waals surface area contributed by atoms with Gasteiger partial charge in [0, 0.05) is 12.6 Å². The minimum absolute atomic E-state index is 0.0196. The number of rotatable bonds is 4. The van der Waals surface area contributed by atoms with Crippen molar-refractivity contribution in [1.29, 1.82) is 0 Å². The average Bonchev–Trinajstić information content (AvgIpc) is 2.37. The summed E-state index contributed by atoms with van der Waals surface area (Å²) in [5.41, 5.74) is 0.758. The van der Waals surface area contributed by atoms with E-state index in [1.807, 2.05) is 0 Å². The first kappa shape index (κ1) is 14.3. The number of anilines is 1. The maximum Gasteiger partial charge on any atom is 0.335 e. The fraction of sp³-hybridized carbons (Fsp3) is 0.0714. The number of carboxylic acids is 1. The van der Waals surface area contributed by atoms with E-state index < -0.39 is 17.6 Å². The van der Waals surface area contributed by atoms with Gasteiger partial charge in [-0.05, 0) is 23.8 Å². The molecule has 0 aliphatic heterocycles. The van der Waals surface area contributed by atoms with Gasteiger partial charge in [-0.1, -0.05) is 23.7 Å². The highest BCUT2D eigenvalue weighted by atomic mass is 35.5. The van der Waals surface area contributed by atoms with Crippen LogP contribution in [0.3, 0.4) is 0 Å². The topological polar surface area (TPSA) is 49.3 Å². The van der Waals surface area contributed by atoms with E-state index in [2.05, 4.69) is 5.32 Å². The van der Waals surface area contributed by atoms with Crippen LogP contribution >= 0.6 is 11.6 Å². The lowest BCUT2D eigenvalue weighted by molar-refractivity contribution is 0.0696. The van der Waals surface area contributed by atoms with E-state index in [1.54, 1.807) is 12.1 Å². The second-order valence-corrected chi connectivity index (χ2v) is 4.51. The summed E-state index contributed by atoms with van der Waals surface area (Å²) in [5.74, 6) is -2.60. The Labute approximate surface area is 118 Å². The Bertz CT molecular complexity index is 638. The van der Waals surface area contributed by atoms with Crippen LogP contribution in [0.1, 0.15) is 15.9 Å². The Hall–Kier alpha value is -2.14. The average molecular weight is 298 g/mol. The fourth-order valence-electron chi connectivity index (χ4n) is 1.72. The highest BCUT2D eigenvalue weighted by Gasteiger charge is 2.10. The van der Waals surface area contributed by atoms with Crippen LogP contribution in [0.15, 0.2) is 36.4 Å². The lowest BCUT2D eigenvalue weighted by Crippen LogP contribution is -2.04. The maximum absolute atomic E-state index is 13.5. The van der Waals surface area contributed by atoms with Gasteiger partial charge in [0.05, 0.1) is 16.3 Å². The monoisotopic (exact) mass is 297 g/mol. The number of nitrogens with one attached hydrogen (secondary N) is 1. The number of benzene rings is 2. The fourth-order valence-corrected chi connectivity index (χ4v) is 1.98. The van der Waals surface area contributed by atoms with Crippen molar-refractivity contribution in [2.75, 3.05) is 5.32 Å². The van der Waals surface area contributed by atoms with E-state index in [0.29, 0.717) is 5.56 Å². The summed E-state index contributed by atoms with van der Waals surface area (Å²) >= 11 is 5.75. The lowest BCUT2D eigenvalue weighted by Gasteiger charge is -2.10. The third kappa shape index (κ3) is 3.24. The molecule has 0 aliphatic rings. The normalized spacial score (nSPS) is 10.3. The molecule has 0 saturated carbocycles. The summed E-state index contributed by atoms with van der Waals surface area (Å²) in [4.78, 5) is 10.8. The van der Waals surface area contributed by atoms with Crippen molar-refractivity contribution in [3.8, 4) is 0 Å². The van der Waals surface area contributed by atoms with Crippen LogP contribution in [0.5, 0.6) is 0 Å². The molecule has 0 atom stereocenters. The standard InChI is InChI=1S/C14H10ClF2NO2/c15-11-5-10(16)6-12(17)13(11)18-7-8-2-1-3-9(4-8)14(19)20/h1-6,18H,7H2,(H,19,20). The van der Waals surface area contributed by atoms with E-state index in [1.165, 1.54) is 12.1 Å². The van der Waals surface area contributed by atoms with Gasteiger partial charge in [0.15, 0.2) is 5.82 Å². The Kier molecular flexibility index (Phi) is 4.20. The predicted octanol–water partition coefficient (Wildman–Crippen LogP) is 3.93. The van der Waals surface area contributed by atoms with Crippen molar-refractivity contribution in [3.63, 3.8) is 0 Å². The molecule has 0 radical (unpaired) electrons. The highest BCUT2D eigenvalue weighted by Crippen LogP contribution is 2.26. The van der Waals surface area contributed by atoms with Crippen molar-refractivity contribution in [1.82, 2.24) is 0 Å². The third-order valence-corrected chi connectivity index (χ3v) is 2.95.